The van der Waals surface area contributed by atoms with E-state index in [1.807, 2.05) is 6.20 Å². The first kappa shape index (κ1) is 29.8. The minimum absolute atomic E-state index is 0.0657. The van der Waals surface area contributed by atoms with Crippen LogP contribution >= 0.6 is 0 Å². The van der Waals surface area contributed by atoms with Crippen molar-refractivity contribution in [3.63, 3.8) is 0 Å². The Bertz CT molecular complexity index is 809. The Morgan fingerprint density at radius 2 is 1.22 bits per heavy atom. The van der Waals surface area contributed by atoms with Crippen molar-refractivity contribution in [3.8, 4) is 11.3 Å². The van der Waals surface area contributed by atoms with Crippen LogP contribution in [0.2, 0.25) is 0 Å². The second-order valence-electron chi connectivity index (χ2n) is 11.2. The van der Waals surface area contributed by atoms with Crippen LogP contribution in [0.15, 0.2) is 42.6 Å². The highest BCUT2D eigenvalue weighted by Gasteiger charge is 2.21. The van der Waals surface area contributed by atoms with Gasteiger partial charge in [-0.3, -0.25) is 4.98 Å². The molecule has 0 N–H and O–H groups in total. The molecule has 37 heavy (non-hydrogen) atoms. The second-order valence-corrected chi connectivity index (χ2v) is 11.2. The highest BCUT2D eigenvalue weighted by molar-refractivity contribution is 5.59. The van der Waals surface area contributed by atoms with Gasteiger partial charge in [0, 0.05) is 24.1 Å². The number of pyridine rings is 1. The summed E-state index contributed by atoms with van der Waals surface area (Å²) in [5, 5.41) is 0. The van der Waals surface area contributed by atoms with Crippen LogP contribution in [0, 0.1) is 5.92 Å². The smallest absolute Gasteiger partial charge is 0.157 e. The molecule has 1 aromatic carbocycles. The topological polar surface area (TPSA) is 31.4 Å². The molecule has 0 unspecified atom stereocenters. The van der Waals surface area contributed by atoms with Gasteiger partial charge in [-0.15, -0.1) is 0 Å². The maximum absolute atomic E-state index is 6.04. The van der Waals surface area contributed by atoms with Gasteiger partial charge in [-0.25, -0.2) is 0 Å². The van der Waals surface area contributed by atoms with Crippen molar-refractivity contribution in [2.75, 3.05) is 13.2 Å². The first-order valence-electron chi connectivity index (χ1n) is 15.6. The fraction of sp³-hybridized carbons (Fsp3) is 0.676. The number of hydrogen-bond donors (Lipinski definition) is 0. The van der Waals surface area contributed by atoms with Crippen molar-refractivity contribution in [1.29, 1.82) is 0 Å². The van der Waals surface area contributed by atoms with Crippen LogP contribution in [0.1, 0.15) is 121 Å². The maximum atomic E-state index is 6.04. The number of aryl methyl sites for hydroxylation is 2. The zero-order valence-corrected chi connectivity index (χ0v) is 23.9. The Balaban J connectivity index is 1.27. The average Bonchev–Trinajstić information content (AvgIpc) is 2.94. The zero-order valence-electron chi connectivity index (χ0n) is 23.9. The summed E-state index contributed by atoms with van der Waals surface area (Å²) >= 11 is 0. The van der Waals surface area contributed by atoms with Gasteiger partial charge in [-0.2, -0.15) is 0 Å². The lowest BCUT2D eigenvalue weighted by Gasteiger charge is -2.29. The lowest BCUT2D eigenvalue weighted by atomic mass is 10.0. The molecule has 3 nitrogen and oxygen atoms in total. The third-order valence-corrected chi connectivity index (χ3v) is 7.81. The Morgan fingerprint density at radius 1 is 0.622 bits per heavy atom. The quantitative estimate of drug-likeness (QED) is 0.177. The van der Waals surface area contributed by atoms with Gasteiger partial charge in [0.05, 0.1) is 18.9 Å². The summed E-state index contributed by atoms with van der Waals surface area (Å²) in [6.45, 7) is 6.26. The van der Waals surface area contributed by atoms with Crippen LogP contribution in [-0.4, -0.2) is 24.5 Å². The normalized spacial score (nSPS) is 17.8. The van der Waals surface area contributed by atoms with Crippen LogP contribution in [0.4, 0.5) is 0 Å². The largest absolute Gasteiger partial charge is 0.352 e. The molecular formula is C34H53NO2. The van der Waals surface area contributed by atoms with E-state index in [2.05, 4.69) is 50.2 Å². The summed E-state index contributed by atoms with van der Waals surface area (Å²) in [5.74, 6) is 0.574. The molecule has 2 aromatic rings. The molecule has 1 aromatic heterocycles. The van der Waals surface area contributed by atoms with Gasteiger partial charge in [-0.1, -0.05) is 121 Å². The van der Waals surface area contributed by atoms with Crippen LogP contribution in [0.5, 0.6) is 0 Å². The van der Waals surface area contributed by atoms with Gasteiger partial charge in [0.1, 0.15) is 0 Å². The van der Waals surface area contributed by atoms with E-state index in [-0.39, 0.29) is 6.29 Å². The molecule has 3 heteroatoms. The van der Waals surface area contributed by atoms with Crippen molar-refractivity contribution in [2.45, 2.75) is 129 Å². The van der Waals surface area contributed by atoms with E-state index < -0.39 is 0 Å². The molecule has 0 amide bonds. The second kappa shape index (κ2) is 18.5. The van der Waals surface area contributed by atoms with E-state index in [0.29, 0.717) is 5.92 Å². The van der Waals surface area contributed by atoms with Crippen molar-refractivity contribution >= 4 is 0 Å². The predicted molar refractivity (Wildman–Crippen MR) is 157 cm³/mol. The Kier molecular flexibility index (Phi) is 14.9. The lowest BCUT2D eigenvalue weighted by molar-refractivity contribution is -0.203. The molecule has 0 bridgehead atoms. The number of rotatable bonds is 19. The van der Waals surface area contributed by atoms with E-state index >= 15 is 0 Å². The van der Waals surface area contributed by atoms with E-state index in [0.717, 1.165) is 31.7 Å². The fourth-order valence-corrected chi connectivity index (χ4v) is 5.29. The van der Waals surface area contributed by atoms with Crippen molar-refractivity contribution in [2.24, 2.45) is 5.92 Å². The zero-order chi connectivity index (χ0) is 26.0. The molecule has 1 aliphatic heterocycles. The van der Waals surface area contributed by atoms with Gasteiger partial charge in [0.2, 0.25) is 0 Å². The highest BCUT2D eigenvalue weighted by Crippen LogP contribution is 2.22. The third kappa shape index (κ3) is 12.1. The number of benzene rings is 1. The molecule has 1 fully saturated rings. The van der Waals surface area contributed by atoms with Crippen molar-refractivity contribution < 1.29 is 9.47 Å². The summed E-state index contributed by atoms with van der Waals surface area (Å²) < 4.78 is 12.1. The molecule has 2 heterocycles. The molecule has 0 radical (unpaired) electrons. The van der Waals surface area contributed by atoms with Crippen molar-refractivity contribution in [3.05, 3.63) is 53.7 Å². The first-order valence-corrected chi connectivity index (χ1v) is 15.6. The van der Waals surface area contributed by atoms with E-state index in [4.69, 9.17) is 14.5 Å². The Hall–Kier alpha value is -1.71. The summed E-state index contributed by atoms with van der Waals surface area (Å²) in [5.41, 5.74) is 4.93. The summed E-state index contributed by atoms with van der Waals surface area (Å²) in [6, 6.07) is 13.3. The van der Waals surface area contributed by atoms with E-state index in [1.165, 1.54) is 113 Å². The van der Waals surface area contributed by atoms with Gasteiger partial charge < -0.3 is 9.47 Å². The molecule has 0 aliphatic carbocycles. The standard InChI is InChI=1S/C34H53NO2/c1-3-5-7-9-10-11-13-15-17-31-27-36-34(37-28-31)25-21-30-20-24-33(35-26-30)32-22-18-29(19-23-32)16-14-12-8-6-4-2/h18-20,22-24,26,31,34H,3-17,21,25,27-28H2,1-2H3. The minimum Gasteiger partial charge on any atom is -0.352 e. The third-order valence-electron chi connectivity index (χ3n) is 7.81. The molecular weight excluding hydrogens is 454 g/mol. The lowest BCUT2D eigenvalue weighted by Crippen LogP contribution is -2.32. The predicted octanol–water partition coefficient (Wildman–Crippen LogP) is 9.71. The molecule has 3 rings (SSSR count). The Morgan fingerprint density at radius 3 is 1.84 bits per heavy atom. The molecule has 1 saturated heterocycles. The minimum atomic E-state index is -0.0657. The summed E-state index contributed by atoms with van der Waals surface area (Å²) in [6.07, 6.45) is 23.9. The van der Waals surface area contributed by atoms with Crippen LogP contribution in [0.3, 0.4) is 0 Å². The van der Waals surface area contributed by atoms with Crippen LogP contribution in [0.25, 0.3) is 11.3 Å². The number of aromatic nitrogens is 1. The average molecular weight is 508 g/mol. The van der Waals surface area contributed by atoms with Gasteiger partial charge >= 0.3 is 0 Å². The van der Waals surface area contributed by atoms with Crippen LogP contribution in [-0.2, 0) is 22.3 Å². The van der Waals surface area contributed by atoms with Gasteiger partial charge in [0.15, 0.2) is 6.29 Å². The fourth-order valence-electron chi connectivity index (χ4n) is 5.29. The molecule has 206 valence electrons. The van der Waals surface area contributed by atoms with E-state index in [9.17, 15) is 0 Å². The molecule has 0 atom stereocenters. The highest BCUT2D eigenvalue weighted by atomic mass is 16.7. The number of unbranched alkanes of at least 4 members (excludes halogenated alkanes) is 11. The number of hydrogen-bond acceptors (Lipinski definition) is 3. The van der Waals surface area contributed by atoms with Crippen LogP contribution < -0.4 is 0 Å². The molecule has 1 aliphatic rings. The van der Waals surface area contributed by atoms with Crippen molar-refractivity contribution in [1.82, 2.24) is 4.98 Å². The monoisotopic (exact) mass is 507 g/mol. The molecule has 0 saturated carbocycles. The Labute approximate surface area is 227 Å². The first-order chi connectivity index (χ1) is 18.3. The summed E-state index contributed by atoms with van der Waals surface area (Å²) in [7, 11) is 0. The number of nitrogens with zero attached hydrogens (tertiary/aromatic N) is 1. The number of ether oxygens (including phenoxy) is 2. The molecule has 0 spiro atoms. The van der Waals surface area contributed by atoms with Gasteiger partial charge in [0.25, 0.3) is 0 Å². The SMILES string of the molecule is CCCCCCCCCCC1COC(CCc2ccc(-c3ccc(CCCCCCC)cc3)nc2)OC1. The summed E-state index contributed by atoms with van der Waals surface area (Å²) in [4.78, 5) is 4.74. The maximum Gasteiger partial charge on any atom is 0.157 e. The van der Waals surface area contributed by atoms with Gasteiger partial charge in [-0.05, 0) is 42.9 Å². The van der Waals surface area contributed by atoms with E-state index in [1.54, 1.807) is 0 Å².